The van der Waals surface area contributed by atoms with Crippen LogP contribution in [0.3, 0.4) is 0 Å². The first-order chi connectivity index (χ1) is 17.2. The van der Waals surface area contributed by atoms with Crippen molar-refractivity contribution in [2.45, 2.75) is 79.2 Å². The molecule has 0 aliphatic rings. The van der Waals surface area contributed by atoms with Gasteiger partial charge in [0.25, 0.3) is 0 Å². The molecule has 0 aliphatic heterocycles. The fourth-order valence-corrected chi connectivity index (χ4v) is 21.6. The van der Waals surface area contributed by atoms with Crippen LogP contribution in [0.15, 0.2) is 41.2 Å². The van der Waals surface area contributed by atoms with Gasteiger partial charge in [0.15, 0.2) is 0 Å². The van der Waals surface area contributed by atoms with Gasteiger partial charge in [-0.25, -0.2) is 0 Å². The van der Waals surface area contributed by atoms with Crippen LogP contribution < -0.4 is 9.01 Å². The van der Waals surface area contributed by atoms with Crippen LogP contribution in [-0.2, 0) is 15.6 Å². The van der Waals surface area contributed by atoms with E-state index in [1.54, 1.807) is 6.07 Å². The minimum absolute atomic E-state index is 0.134. The Morgan fingerprint density at radius 1 is 0.889 bits per heavy atom. The first kappa shape index (κ1) is 29.3. The summed E-state index contributed by atoms with van der Waals surface area (Å²) in [6, 6.07) is 10.3. The van der Waals surface area contributed by atoms with Crippen molar-refractivity contribution in [2.24, 2.45) is 0 Å². The monoisotopic (exact) mass is 627 g/mol. The summed E-state index contributed by atoms with van der Waals surface area (Å²) in [7, 11) is -4.64. The summed E-state index contributed by atoms with van der Waals surface area (Å²) in [5.41, 5.74) is 1.04. The quantitative estimate of drug-likeness (QED) is 0.122. The van der Waals surface area contributed by atoms with Crippen LogP contribution in [-0.4, -0.2) is 39.3 Å². The maximum atomic E-state index is 14.1. The Labute approximate surface area is 217 Å². The van der Waals surface area contributed by atoms with E-state index in [0.717, 1.165) is 24.8 Å². The van der Waals surface area contributed by atoms with E-state index in [1.165, 1.54) is 48.3 Å². The van der Waals surface area contributed by atoms with Gasteiger partial charge < -0.3 is 0 Å². The first-order valence-corrected chi connectivity index (χ1v) is 22.1. The normalized spacial score (nSPS) is 12.6. The number of unbranched alkanes of at least 4 members (excludes halogenated alkanes) is 3. The number of benzene rings is 2. The molecule has 2 aromatic carbocycles. The van der Waals surface area contributed by atoms with Gasteiger partial charge in [-0.1, -0.05) is 0 Å². The fourth-order valence-electron chi connectivity index (χ4n) is 5.32. The van der Waals surface area contributed by atoms with Crippen LogP contribution in [0.4, 0.5) is 4.39 Å². The molecule has 0 saturated heterocycles. The Morgan fingerprint density at radius 2 is 1.50 bits per heavy atom. The van der Waals surface area contributed by atoms with Crippen molar-refractivity contribution in [1.29, 1.82) is 0 Å². The van der Waals surface area contributed by atoms with Crippen molar-refractivity contribution in [3.05, 3.63) is 52.4 Å². The number of phosphoric ester groups is 1. The average Bonchev–Trinajstić information content (AvgIpc) is 2.85. The molecule has 0 spiro atoms. The van der Waals surface area contributed by atoms with Gasteiger partial charge in [0.2, 0.25) is 0 Å². The molecule has 0 bridgehead atoms. The molecule has 0 amide bonds. The zero-order valence-electron chi connectivity index (χ0n) is 21.6. The van der Waals surface area contributed by atoms with E-state index in [9.17, 15) is 23.5 Å². The molecular formula is C27H39FNO5PSn. The number of fused-ring (bicyclic) bond motifs is 2. The third kappa shape index (κ3) is 6.98. The molecule has 0 radical (unpaired) electrons. The second-order valence-corrected chi connectivity index (χ2v) is 24.3. The van der Waals surface area contributed by atoms with Crippen LogP contribution in [0.2, 0.25) is 13.3 Å². The van der Waals surface area contributed by atoms with Crippen LogP contribution in [0.25, 0.3) is 21.8 Å². The Hall–Kier alpha value is -1.25. The number of pyridine rings is 1. The van der Waals surface area contributed by atoms with Crippen molar-refractivity contribution in [1.82, 2.24) is 4.57 Å². The van der Waals surface area contributed by atoms with Crippen LogP contribution in [0, 0.1) is 5.82 Å². The molecular weight excluding hydrogens is 587 g/mol. The van der Waals surface area contributed by atoms with Crippen LogP contribution in [0.1, 0.15) is 59.3 Å². The molecule has 1 aromatic heterocycles. The predicted molar refractivity (Wildman–Crippen MR) is 148 cm³/mol. The maximum absolute atomic E-state index is 14.1. The second-order valence-electron chi connectivity index (χ2n) is 9.79. The van der Waals surface area contributed by atoms with E-state index in [4.69, 9.17) is 4.52 Å². The molecule has 6 nitrogen and oxygen atoms in total. The molecule has 0 atom stereocenters. The van der Waals surface area contributed by atoms with Gasteiger partial charge in [-0.3, -0.25) is 0 Å². The molecule has 0 unspecified atom stereocenters. The molecule has 0 saturated carbocycles. The Kier molecular flexibility index (Phi) is 10.6. The summed E-state index contributed by atoms with van der Waals surface area (Å²) < 4.78 is 37.2. The molecule has 198 valence electrons. The van der Waals surface area contributed by atoms with Crippen molar-refractivity contribution in [3.8, 4) is 0 Å². The van der Waals surface area contributed by atoms with E-state index >= 15 is 0 Å². The second kappa shape index (κ2) is 13.0. The number of aromatic nitrogens is 1. The fraction of sp³-hybridized carbons (Fsp3) is 0.519. The van der Waals surface area contributed by atoms with E-state index < -0.39 is 32.0 Å². The Balaban J connectivity index is 2.26. The summed E-state index contributed by atoms with van der Waals surface area (Å²) in [6.45, 7) is 6.62. The van der Waals surface area contributed by atoms with Crippen molar-refractivity contribution >= 4 is 51.6 Å². The zero-order chi connectivity index (χ0) is 26.3. The van der Waals surface area contributed by atoms with E-state index in [1.807, 2.05) is 10.6 Å². The topological polar surface area (TPSA) is 88.8 Å². The van der Waals surface area contributed by atoms with Crippen molar-refractivity contribution in [3.63, 3.8) is 0 Å². The minimum atomic E-state index is -4.64. The van der Waals surface area contributed by atoms with Crippen molar-refractivity contribution in [2.75, 3.05) is 6.61 Å². The molecule has 3 aromatic rings. The Morgan fingerprint density at radius 3 is 2.06 bits per heavy atom. The van der Waals surface area contributed by atoms with Crippen molar-refractivity contribution < 1.29 is 23.3 Å². The molecule has 9 heteroatoms. The zero-order valence-corrected chi connectivity index (χ0v) is 25.4. The summed E-state index contributed by atoms with van der Waals surface area (Å²) >= 11 is -2.81. The number of hydrogen-bond donors (Lipinski definition) is 2. The molecule has 36 heavy (non-hydrogen) atoms. The SMILES string of the molecule is CCC[CH2][Sn]([CH2]CCC)([CH2]CCC)[c]1ccc2c(=O)c3cc(F)ccc3n(CCOP(=O)(O)O)c2c1. The third-order valence-corrected chi connectivity index (χ3v) is 23.4. The van der Waals surface area contributed by atoms with E-state index in [0.29, 0.717) is 10.9 Å². The van der Waals surface area contributed by atoms with Crippen LogP contribution >= 0.6 is 7.82 Å². The first-order valence-electron chi connectivity index (χ1n) is 13.1. The number of phosphoric acid groups is 1. The van der Waals surface area contributed by atoms with Gasteiger partial charge in [0, 0.05) is 0 Å². The predicted octanol–water partition coefficient (Wildman–Crippen LogP) is 6.46. The summed E-state index contributed by atoms with van der Waals surface area (Å²) in [5, 5.41) is 0.749. The molecule has 0 aliphatic carbocycles. The molecule has 2 N–H and O–H groups in total. The third-order valence-electron chi connectivity index (χ3n) is 7.24. The van der Waals surface area contributed by atoms with E-state index in [2.05, 4.69) is 32.9 Å². The molecule has 1 heterocycles. The Bertz CT molecular complexity index is 1270. The standard InChI is InChI=1S/C15H12FNO5P.3C4H9.Sn/c16-10-5-6-14-12(9-10)15(18)11-3-1-2-4-13(11)17(14)7-8-22-23(19,20)21;3*1-3-4-2;/h1,3-6,9H,7-8H2,(H2,19,20,21);3*1,3-4H2,2H3;. The number of halogens is 1. The van der Waals surface area contributed by atoms with Gasteiger partial charge in [-0.15, -0.1) is 0 Å². The number of rotatable bonds is 14. The number of hydrogen-bond acceptors (Lipinski definition) is 3. The molecule has 3 rings (SSSR count). The summed E-state index contributed by atoms with van der Waals surface area (Å²) in [4.78, 5) is 31.8. The van der Waals surface area contributed by atoms with Gasteiger partial charge in [-0.05, 0) is 0 Å². The molecule has 0 fully saturated rings. The van der Waals surface area contributed by atoms with E-state index in [-0.39, 0.29) is 24.0 Å². The number of nitrogens with zero attached hydrogens (tertiary/aromatic N) is 1. The van der Waals surface area contributed by atoms with Gasteiger partial charge in [-0.2, -0.15) is 0 Å². The van der Waals surface area contributed by atoms with Gasteiger partial charge >= 0.3 is 218 Å². The summed E-state index contributed by atoms with van der Waals surface area (Å²) in [6.07, 6.45) is 7.10. The summed E-state index contributed by atoms with van der Waals surface area (Å²) in [5.74, 6) is -0.498. The van der Waals surface area contributed by atoms with Gasteiger partial charge in [0.05, 0.1) is 0 Å². The average molecular weight is 626 g/mol. The van der Waals surface area contributed by atoms with Crippen LogP contribution in [0.5, 0.6) is 0 Å². The van der Waals surface area contributed by atoms with Gasteiger partial charge in [0.1, 0.15) is 0 Å².